The topological polar surface area (TPSA) is 48.1 Å². The molecule has 0 fully saturated rings. The van der Waals surface area contributed by atoms with Crippen LogP contribution in [-0.2, 0) is 11.3 Å². The zero-order chi connectivity index (χ0) is 8.53. The minimum Gasteiger partial charge on any atom is -0.380 e. The summed E-state index contributed by atoms with van der Waals surface area (Å²) in [7, 11) is 3.18. The van der Waals surface area contributed by atoms with Crippen molar-refractivity contribution in [3.8, 4) is 0 Å². The van der Waals surface area contributed by atoms with Gasteiger partial charge < -0.3 is 10.5 Å². The quantitative estimate of drug-likeness (QED) is 0.685. The van der Waals surface area contributed by atoms with Gasteiger partial charge >= 0.3 is 0 Å². The van der Waals surface area contributed by atoms with Crippen LogP contribution in [-0.4, -0.2) is 19.1 Å². The average Bonchev–Trinajstić information content (AvgIpc) is 2.11. The van der Waals surface area contributed by atoms with Crippen molar-refractivity contribution < 1.29 is 4.74 Å². The summed E-state index contributed by atoms with van der Waals surface area (Å²) < 4.78 is 4.90. The van der Waals surface area contributed by atoms with Gasteiger partial charge in [-0.2, -0.15) is 0 Å². The summed E-state index contributed by atoms with van der Waals surface area (Å²) >= 11 is 0. The van der Waals surface area contributed by atoms with Gasteiger partial charge in [-0.25, -0.2) is 0 Å². The molecule has 0 amide bonds. The maximum Gasteiger partial charge on any atom is 0.0714 e. The lowest BCUT2D eigenvalue weighted by Gasteiger charge is -1.94. The van der Waals surface area contributed by atoms with Crippen LogP contribution in [0.15, 0.2) is 24.5 Å². The lowest BCUT2D eigenvalue weighted by Crippen LogP contribution is -1.85. The standard InChI is InChI=1S/C7H9NO.CH5N/c1-9-6-7-2-4-8-5-3-7;1-2/h2-5H,6H2,1H3;2H2,1H3. The first-order valence-corrected chi connectivity index (χ1v) is 3.39. The second-order valence-electron chi connectivity index (χ2n) is 1.79. The number of hydrogen-bond donors (Lipinski definition) is 1. The summed E-state index contributed by atoms with van der Waals surface area (Å²) in [6.45, 7) is 0.669. The summed E-state index contributed by atoms with van der Waals surface area (Å²) in [6, 6.07) is 3.87. The van der Waals surface area contributed by atoms with Crippen LogP contribution in [0.1, 0.15) is 5.56 Å². The summed E-state index contributed by atoms with van der Waals surface area (Å²) in [6.07, 6.45) is 3.52. The Balaban J connectivity index is 0.000000461. The molecule has 0 radical (unpaired) electrons. The van der Waals surface area contributed by atoms with Crippen LogP contribution in [0.3, 0.4) is 0 Å². The average molecular weight is 154 g/mol. The Hall–Kier alpha value is -0.930. The highest BCUT2D eigenvalue weighted by Crippen LogP contribution is 1.95. The Morgan fingerprint density at radius 3 is 2.36 bits per heavy atom. The van der Waals surface area contributed by atoms with E-state index < -0.39 is 0 Å². The Labute approximate surface area is 67.2 Å². The first kappa shape index (κ1) is 10.1. The van der Waals surface area contributed by atoms with E-state index in [2.05, 4.69) is 10.7 Å². The molecule has 0 saturated heterocycles. The summed E-state index contributed by atoms with van der Waals surface area (Å²) in [4.78, 5) is 3.87. The molecular weight excluding hydrogens is 140 g/mol. The van der Waals surface area contributed by atoms with Crippen LogP contribution in [0.4, 0.5) is 0 Å². The van der Waals surface area contributed by atoms with Crippen LogP contribution in [0.2, 0.25) is 0 Å². The first-order chi connectivity index (χ1) is 5.43. The van der Waals surface area contributed by atoms with E-state index in [0.29, 0.717) is 6.61 Å². The Morgan fingerprint density at radius 1 is 1.36 bits per heavy atom. The zero-order valence-corrected chi connectivity index (χ0v) is 6.95. The molecule has 0 aliphatic carbocycles. The van der Waals surface area contributed by atoms with E-state index in [4.69, 9.17) is 4.74 Å². The van der Waals surface area contributed by atoms with E-state index in [1.54, 1.807) is 19.5 Å². The fourth-order valence-electron chi connectivity index (χ4n) is 0.646. The minimum absolute atomic E-state index is 0.669. The predicted molar refractivity (Wildman–Crippen MR) is 45.1 cm³/mol. The second kappa shape index (κ2) is 7.18. The van der Waals surface area contributed by atoms with E-state index in [0.717, 1.165) is 5.56 Å². The predicted octanol–water partition coefficient (Wildman–Crippen LogP) is 0.803. The third kappa shape index (κ3) is 4.47. The number of nitrogens with two attached hydrogens (primary N) is 1. The van der Waals surface area contributed by atoms with Crippen molar-refractivity contribution in [1.82, 2.24) is 4.98 Å². The van der Waals surface area contributed by atoms with E-state index in [-0.39, 0.29) is 0 Å². The highest BCUT2D eigenvalue weighted by Gasteiger charge is 1.85. The number of methoxy groups -OCH3 is 1. The lowest BCUT2D eigenvalue weighted by atomic mass is 10.3. The molecule has 3 nitrogen and oxygen atoms in total. The fraction of sp³-hybridized carbons (Fsp3) is 0.375. The molecule has 11 heavy (non-hydrogen) atoms. The monoisotopic (exact) mass is 154 g/mol. The molecule has 3 heteroatoms. The van der Waals surface area contributed by atoms with Gasteiger partial charge in [-0.3, -0.25) is 4.98 Å². The van der Waals surface area contributed by atoms with Gasteiger partial charge in [0.2, 0.25) is 0 Å². The van der Waals surface area contributed by atoms with Gasteiger partial charge in [-0.1, -0.05) is 0 Å². The molecule has 1 aromatic heterocycles. The molecule has 2 N–H and O–H groups in total. The zero-order valence-electron chi connectivity index (χ0n) is 6.95. The molecular formula is C8H14N2O. The maximum absolute atomic E-state index is 4.90. The van der Waals surface area contributed by atoms with Crippen molar-refractivity contribution in [3.63, 3.8) is 0 Å². The van der Waals surface area contributed by atoms with Gasteiger partial charge in [-0.05, 0) is 24.7 Å². The number of ether oxygens (including phenoxy) is 1. The Kier molecular flexibility index (Phi) is 6.57. The molecule has 0 aliphatic rings. The molecule has 1 heterocycles. The second-order valence-corrected chi connectivity index (χ2v) is 1.79. The van der Waals surface area contributed by atoms with Crippen molar-refractivity contribution in [3.05, 3.63) is 30.1 Å². The van der Waals surface area contributed by atoms with Gasteiger partial charge in [0.15, 0.2) is 0 Å². The molecule has 0 unspecified atom stereocenters. The summed E-state index contributed by atoms with van der Waals surface area (Å²) in [5, 5.41) is 0. The normalized spacial score (nSPS) is 8.27. The molecule has 0 aliphatic heterocycles. The molecule has 0 aromatic carbocycles. The van der Waals surface area contributed by atoms with Crippen molar-refractivity contribution in [1.29, 1.82) is 0 Å². The van der Waals surface area contributed by atoms with Crippen molar-refractivity contribution in [2.45, 2.75) is 6.61 Å². The number of nitrogens with zero attached hydrogens (tertiary/aromatic N) is 1. The van der Waals surface area contributed by atoms with Crippen molar-refractivity contribution in [2.75, 3.05) is 14.2 Å². The van der Waals surface area contributed by atoms with Gasteiger partial charge in [-0.15, -0.1) is 0 Å². The summed E-state index contributed by atoms with van der Waals surface area (Å²) in [5.74, 6) is 0. The van der Waals surface area contributed by atoms with Crippen LogP contribution in [0.25, 0.3) is 0 Å². The number of hydrogen-bond acceptors (Lipinski definition) is 3. The van der Waals surface area contributed by atoms with E-state index >= 15 is 0 Å². The number of rotatable bonds is 2. The lowest BCUT2D eigenvalue weighted by molar-refractivity contribution is 0.185. The highest BCUT2D eigenvalue weighted by atomic mass is 16.5. The largest absolute Gasteiger partial charge is 0.380 e. The van der Waals surface area contributed by atoms with Gasteiger partial charge in [0.05, 0.1) is 6.61 Å². The van der Waals surface area contributed by atoms with Gasteiger partial charge in [0.25, 0.3) is 0 Å². The minimum atomic E-state index is 0.669. The van der Waals surface area contributed by atoms with Gasteiger partial charge in [0.1, 0.15) is 0 Å². The third-order valence-corrected chi connectivity index (χ3v) is 1.06. The van der Waals surface area contributed by atoms with Crippen LogP contribution in [0, 0.1) is 0 Å². The molecule has 0 saturated carbocycles. The van der Waals surface area contributed by atoms with E-state index in [1.165, 1.54) is 7.05 Å². The molecule has 62 valence electrons. The number of pyridine rings is 1. The smallest absolute Gasteiger partial charge is 0.0714 e. The van der Waals surface area contributed by atoms with E-state index in [1.807, 2.05) is 12.1 Å². The Bertz CT molecular complexity index is 165. The van der Waals surface area contributed by atoms with Crippen molar-refractivity contribution >= 4 is 0 Å². The first-order valence-electron chi connectivity index (χ1n) is 3.39. The maximum atomic E-state index is 4.90. The third-order valence-electron chi connectivity index (χ3n) is 1.06. The van der Waals surface area contributed by atoms with Crippen LogP contribution >= 0.6 is 0 Å². The SMILES string of the molecule is CN.COCc1ccncc1. The van der Waals surface area contributed by atoms with Crippen molar-refractivity contribution in [2.24, 2.45) is 5.73 Å². The fourth-order valence-corrected chi connectivity index (χ4v) is 0.646. The van der Waals surface area contributed by atoms with E-state index in [9.17, 15) is 0 Å². The molecule has 0 atom stereocenters. The summed E-state index contributed by atoms with van der Waals surface area (Å²) in [5.41, 5.74) is 5.66. The van der Waals surface area contributed by atoms with Crippen LogP contribution in [0.5, 0.6) is 0 Å². The molecule has 0 bridgehead atoms. The Morgan fingerprint density at radius 2 is 1.91 bits per heavy atom. The number of aromatic nitrogens is 1. The van der Waals surface area contributed by atoms with Gasteiger partial charge in [0, 0.05) is 19.5 Å². The molecule has 1 aromatic rings. The highest BCUT2D eigenvalue weighted by molar-refractivity contribution is 5.07. The molecule has 1 rings (SSSR count). The molecule has 0 spiro atoms. The van der Waals surface area contributed by atoms with Crippen LogP contribution < -0.4 is 5.73 Å².